The second-order valence-corrected chi connectivity index (χ2v) is 6.69. The Bertz CT molecular complexity index is 581. The zero-order valence-corrected chi connectivity index (χ0v) is 15.9. The molecule has 0 aliphatic carbocycles. The number of carbonyl (C=O) groups excluding carboxylic acids is 2. The van der Waals surface area contributed by atoms with E-state index in [0.29, 0.717) is 18.5 Å². The molecule has 1 saturated heterocycles. The molecule has 26 heavy (non-hydrogen) atoms. The lowest BCUT2D eigenvalue weighted by atomic mass is 10.2. The number of carbonyl (C=O) groups is 2. The molecule has 0 bridgehead atoms. The minimum absolute atomic E-state index is 0.0640. The van der Waals surface area contributed by atoms with Crippen molar-refractivity contribution in [3.05, 3.63) is 29.8 Å². The van der Waals surface area contributed by atoms with Gasteiger partial charge in [-0.05, 0) is 31.3 Å². The van der Waals surface area contributed by atoms with Crippen molar-refractivity contribution in [2.24, 2.45) is 0 Å². The molecule has 1 aromatic rings. The van der Waals surface area contributed by atoms with Crippen LogP contribution in [0.15, 0.2) is 24.3 Å². The first kappa shape index (κ1) is 20.2. The number of esters is 2. The average molecular weight is 363 g/mol. The van der Waals surface area contributed by atoms with Gasteiger partial charge in [-0.15, -0.1) is 0 Å². The standard InChI is InChI=1S/C19H29N3O4/c1-20(2)17-6-4-16(5-7-17)19(24)26-15-14-25-18(23)8-9-22-12-10-21(3)11-13-22/h4-7H,8-15H2,1-3H3. The van der Waals surface area contributed by atoms with E-state index in [1.54, 1.807) is 12.1 Å². The summed E-state index contributed by atoms with van der Waals surface area (Å²) in [7, 11) is 5.97. The summed E-state index contributed by atoms with van der Waals surface area (Å²) in [5.41, 5.74) is 1.49. The summed E-state index contributed by atoms with van der Waals surface area (Å²) in [4.78, 5) is 30.2. The molecule has 1 heterocycles. The molecule has 1 fully saturated rings. The van der Waals surface area contributed by atoms with Gasteiger partial charge in [0.05, 0.1) is 12.0 Å². The Morgan fingerprint density at radius 2 is 1.62 bits per heavy atom. The van der Waals surface area contributed by atoms with Gasteiger partial charge in [0.2, 0.25) is 0 Å². The zero-order valence-electron chi connectivity index (χ0n) is 15.9. The van der Waals surface area contributed by atoms with Gasteiger partial charge in [-0.3, -0.25) is 4.79 Å². The van der Waals surface area contributed by atoms with Crippen molar-refractivity contribution >= 4 is 17.6 Å². The van der Waals surface area contributed by atoms with E-state index in [2.05, 4.69) is 16.8 Å². The van der Waals surface area contributed by atoms with Crippen LogP contribution in [0.25, 0.3) is 0 Å². The SMILES string of the molecule is CN1CCN(CCC(=O)OCCOC(=O)c2ccc(N(C)C)cc2)CC1. The van der Waals surface area contributed by atoms with Gasteiger partial charge >= 0.3 is 11.9 Å². The van der Waals surface area contributed by atoms with Gasteiger partial charge in [-0.25, -0.2) is 4.79 Å². The second-order valence-electron chi connectivity index (χ2n) is 6.69. The van der Waals surface area contributed by atoms with Gasteiger partial charge < -0.3 is 24.2 Å². The maximum Gasteiger partial charge on any atom is 0.338 e. The van der Waals surface area contributed by atoms with Gasteiger partial charge in [0.25, 0.3) is 0 Å². The summed E-state index contributed by atoms with van der Waals surface area (Å²) in [6, 6.07) is 7.16. The smallest absolute Gasteiger partial charge is 0.338 e. The number of nitrogens with zero attached hydrogens (tertiary/aromatic N) is 3. The van der Waals surface area contributed by atoms with E-state index < -0.39 is 5.97 Å². The first-order valence-corrected chi connectivity index (χ1v) is 8.97. The summed E-state index contributed by atoms with van der Waals surface area (Å²) in [5, 5.41) is 0. The second kappa shape index (κ2) is 10.1. The molecule has 0 spiro atoms. The van der Waals surface area contributed by atoms with Crippen LogP contribution in [0.2, 0.25) is 0 Å². The van der Waals surface area contributed by atoms with E-state index in [1.165, 1.54) is 0 Å². The quantitative estimate of drug-likeness (QED) is 0.506. The van der Waals surface area contributed by atoms with Crippen LogP contribution in [0, 0.1) is 0 Å². The highest BCUT2D eigenvalue weighted by molar-refractivity contribution is 5.89. The van der Waals surface area contributed by atoms with Crippen LogP contribution in [0.5, 0.6) is 0 Å². The maximum absolute atomic E-state index is 11.9. The minimum Gasteiger partial charge on any atom is -0.462 e. The predicted octanol–water partition coefficient (Wildman–Crippen LogP) is 1.09. The monoisotopic (exact) mass is 363 g/mol. The lowest BCUT2D eigenvalue weighted by molar-refractivity contribution is -0.145. The van der Waals surface area contributed by atoms with Crippen molar-refractivity contribution in [1.82, 2.24) is 9.80 Å². The van der Waals surface area contributed by atoms with Crippen LogP contribution in [0.1, 0.15) is 16.8 Å². The van der Waals surface area contributed by atoms with Crippen molar-refractivity contribution in [3.63, 3.8) is 0 Å². The minimum atomic E-state index is -0.413. The third kappa shape index (κ3) is 6.65. The van der Waals surface area contributed by atoms with Crippen LogP contribution in [-0.4, -0.2) is 88.8 Å². The molecule has 0 unspecified atom stereocenters. The lowest BCUT2D eigenvalue weighted by Crippen LogP contribution is -2.45. The van der Waals surface area contributed by atoms with Crippen LogP contribution >= 0.6 is 0 Å². The average Bonchev–Trinajstić information content (AvgIpc) is 2.64. The Morgan fingerprint density at radius 1 is 1.00 bits per heavy atom. The number of rotatable bonds is 8. The van der Waals surface area contributed by atoms with Gasteiger partial charge in [0.15, 0.2) is 0 Å². The van der Waals surface area contributed by atoms with E-state index in [4.69, 9.17) is 9.47 Å². The number of likely N-dealkylation sites (N-methyl/N-ethyl adjacent to an activating group) is 1. The third-order valence-electron chi connectivity index (χ3n) is 4.43. The highest BCUT2D eigenvalue weighted by Gasteiger charge is 2.15. The third-order valence-corrected chi connectivity index (χ3v) is 4.43. The van der Waals surface area contributed by atoms with E-state index >= 15 is 0 Å². The molecule has 2 rings (SSSR count). The number of hydrogen-bond acceptors (Lipinski definition) is 7. The molecule has 144 valence electrons. The zero-order chi connectivity index (χ0) is 18.9. The fraction of sp³-hybridized carbons (Fsp3) is 0.579. The lowest BCUT2D eigenvalue weighted by Gasteiger charge is -2.31. The van der Waals surface area contributed by atoms with Gasteiger partial charge in [0.1, 0.15) is 13.2 Å². The normalized spacial score (nSPS) is 15.5. The van der Waals surface area contributed by atoms with Crippen LogP contribution in [0.3, 0.4) is 0 Å². The first-order valence-electron chi connectivity index (χ1n) is 8.97. The van der Waals surface area contributed by atoms with E-state index in [0.717, 1.165) is 31.9 Å². The van der Waals surface area contributed by atoms with Crippen LogP contribution in [0.4, 0.5) is 5.69 Å². The Balaban J connectivity index is 1.59. The van der Waals surface area contributed by atoms with Crippen molar-refractivity contribution in [1.29, 1.82) is 0 Å². The Morgan fingerprint density at radius 3 is 2.23 bits per heavy atom. The molecule has 7 nitrogen and oxygen atoms in total. The molecular formula is C19H29N3O4. The fourth-order valence-corrected chi connectivity index (χ4v) is 2.66. The summed E-state index contributed by atoms with van der Waals surface area (Å²) < 4.78 is 10.3. The summed E-state index contributed by atoms with van der Waals surface area (Å²) in [6.45, 7) is 4.88. The van der Waals surface area contributed by atoms with E-state index in [-0.39, 0.29) is 19.2 Å². The summed E-state index contributed by atoms with van der Waals surface area (Å²) >= 11 is 0. The first-order chi connectivity index (χ1) is 12.5. The largest absolute Gasteiger partial charge is 0.462 e. The Kier molecular flexibility index (Phi) is 7.87. The molecule has 0 N–H and O–H groups in total. The molecule has 0 amide bonds. The highest BCUT2D eigenvalue weighted by Crippen LogP contribution is 2.12. The number of hydrogen-bond donors (Lipinski definition) is 0. The van der Waals surface area contributed by atoms with Crippen LogP contribution in [-0.2, 0) is 14.3 Å². The molecule has 7 heteroatoms. The van der Waals surface area contributed by atoms with Crippen molar-refractivity contribution in [2.75, 3.05) is 72.0 Å². The fourth-order valence-electron chi connectivity index (χ4n) is 2.66. The predicted molar refractivity (Wildman–Crippen MR) is 101 cm³/mol. The van der Waals surface area contributed by atoms with Crippen LogP contribution < -0.4 is 4.90 Å². The van der Waals surface area contributed by atoms with Gasteiger partial charge in [-0.2, -0.15) is 0 Å². The van der Waals surface area contributed by atoms with Gasteiger partial charge in [-0.1, -0.05) is 0 Å². The highest BCUT2D eigenvalue weighted by atomic mass is 16.6. The number of ether oxygens (including phenoxy) is 2. The number of piperazine rings is 1. The van der Waals surface area contributed by atoms with Crippen molar-refractivity contribution in [3.8, 4) is 0 Å². The molecule has 0 saturated carbocycles. The van der Waals surface area contributed by atoms with Crippen molar-refractivity contribution in [2.45, 2.75) is 6.42 Å². The Hall–Kier alpha value is -2.12. The molecule has 0 atom stereocenters. The van der Waals surface area contributed by atoms with Crippen molar-refractivity contribution < 1.29 is 19.1 Å². The number of anilines is 1. The molecular weight excluding hydrogens is 334 g/mol. The number of benzene rings is 1. The topological polar surface area (TPSA) is 62.3 Å². The Labute approximate surface area is 155 Å². The molecule has 0 aromatic heterocycles. The van der Waals surface area contributed by atoms with E-state index in [1.807, 2.05) is 31.1 Å². The molecule has 1 aliphatic rings. The molecule has 1 aromatic carbocycles. The van der Waals surface area contributed by atoms with Gasteiger partial charge in [0, 0.05) is 52.5 Å². The molecule has 0 radical (unpaired) electrons. The maximum atomic E-state index is 11.9. The summed E-state index contributed by atoms with van der Waals surface area (Å²) in [5.74, 6) is -0.667. The summed E-state index contributed by atoms with van der Waals surface area (Å²) in [6.07, 6.45) is 0.365. The van der Waals surface area contributed by atoms with E-state index in [9.17, 15) is 9.59 Å². The molecule has 1 aliphatic heterocycles.